The van der Waals surface area contributed by atoms with Crippen molar-refractivity contribution >= 4 is 36.0 Å². The van der Waals surface area contributed by atoms with E-state index in [2.05, 4.69) is 25.4 Å². The van der Waals surface area contributed by atoms with Crippen molar-refractivity contribution in [2.24, 2.45) is 4.99 Å². The van der Waals surface area contributed by atoms with Crippen molar-refractivity contribution in [3.05, 3.63) is 17.5 Å². The van der Waals surface area contributed by atoms with Crippen molar-refractivity contribution in [1.29, 1.82) is 0 Å². The molecule has 1 amide bonds. The van der Waals surface area contributed by atoms with E-state index < -0.39 is 5.60 Å². The van der Waals surface area contributed by atoms with Gasteiger partial charge < -0.3 is 19.9 Å². The van der Waals surface area contributed by atoms with Crippen LogP contribution in [0.3, 0.4) is 0 Å². The Balaban J connectivity index is 0.00000261. The fourth-order valence-electron chi connectivity index (χ4n) is 3.33. The number of fused-ring (bicyclic) bond motifs is 1. The number of aliphatic imine (C=N–C) groups is 1. The van der Waals surface area contributed by atoms with Gasteiger partial charge in [0.2, 0.25) is 0 Å². The van der Waals surface area contributed by atoms with Gasteiger partial charge in [-0.3, -0.25) is 10.1 Å². The Morgan fingerprint density at radius 2 is 2.19 bits per heavy atom. The molecular formula is C18H31IN6O2. The molecule has 0 bridgehead atoms. The molecule has 1 aromatic rings. The van der Waals surface area contributed by atoms with Crippen LogP contribution < -0.4 is 5.32 Å². The van der Waals surface area contributed by atoms with Crippen LogP contribution in [0, 0.1) is 6.92 Å². The topological polar surface area (TPSA) is 85.8 Å². The summed E-state index contributed by atoms with van der Waals surface area (Å²) in [7, 11) is 0. The number of H-pyrrole nitrogens is 1. The number of hydrogen-bond donors (Lipinski definition) is 2. The monoisotopic (exact) mass is 490 g/mol. The third kappa shape index (κ3) is 5.73. The molecule has 9 heteroatoms. The van der Waals surface area contributed by atoms with E-state index in [-0.39, 0.29) is 36.1 Å². The normalized spacial score (nSPS) is 19.3. The van der Waals surface area contributed by atoms with Crippen molar-refractivity contribution < 1.29 is 9.53 Å². The predicted molar refractivity (Wildman–Crippen MR) is 116 cm³/mol. The molecule has 3 heterocycles. The molecule has 8 nitrogen and oxygen atoms in total. The molecule has 1 unspecified atom stereocenters. The van der Waals surface area contributed by atoms with Crippen LogP contribution in [-0.4, -0.2) is 76.4 Å². The average Bonchev–Trinajstić information content (AvgIpc) is 3.16. The van der Waals surface area contributed by atoms with E-state index in [0.29, 0.717) is 13.1 Å². The third-order valence-corrected chi connectivity index (χ3v) is 4.70. The van der Waals surface area contributed by atoms with Crippen LogP contribution >= 0.6 is 24.0 Å². The molecule has 1 saturated heterocycles. The summed E-state index contributed by atoms with van der Waals surface area (Å²) in [4.78, 5) is 21.0. The Hall–Kier alpha value is -1.52. The first-order chi connectivity index (χ1) is 12.3. The summed E-state index contributed by atoms with van der Waals surface area (Å²) < 4.78 is 5.48. The molecule has 3 rings (SSSR count). The van der Waals surface area contributed by atoms with Crippen molar-refractivity contribution in [1.82, 2.24) is 25.3 Å². The van der Waals surface area contributed by atoms with Gasteiger partial charge in [-0.25, -0.2) is 4.79 Å². The standard InChI is InChI=1S/C18H30N6O2.HI/c1-13-14(10-21-22-13)6-5-7-19-16-20-11-15-12-23(8-9-24(15)16)17(25)26-18(2,3)4;/h10,15H,5-9,11-12H2,1-4H3,(H,19,20)(H,21,22);1H. The number of halogens is 1. The zero-order chi connectivity index (χ0) is 18.7. The van der Waals surface area contributed by atoms with Crippen molar-refractivity contribution in [2.45, 2.75) is 52.2 Å². The number of ether oxygens (including phenoxy) is 1. The lowest BCUT2D eigenvalue weighted by atomic mass is 10.1. The summed E-state index contributed by atoms with van der Waals surface area (Å²) in [5.41, 5.74) is 1.95. The van der Waals surface area contributed by atoms with E-state index in [9.17, 15) is 4.79 Å². The maximum Gasteiger partial charge on any atom is 0.410 e. The van der Waals surface area contributed by atoms with Gasteiger partial charge in [0.25, 0.3) is 0 Å². The van der Waals surface area contributed by atoms with E-state index in [4.69, 9.17) is 4.74 Å². The number of amides is 1. The molecule has 0 saturated carbocycles. The number of aryl methyl sites for hydroxylation is 2. The highest BCUT2D eigenvalue weighted by Gasteiger charge is 2.36. The largest absolute Gasteiger partial charge is 0.444 e. The number of aromatic amines is 1. The second kappa shape index (κ2) is 9.11. The van der Waals surface area contributed by atoms with Crippen LogP contribution in [-0.2, 0) is 11.2 Å². The lowest BCUT2D eigenvalue weighted by Crippen LogP contribution is -2.57. The highest BCUT2D eigenvalue weighted by Crippen LogP contribution is 2.18. The Morgan fingerprint density at radius 3 is 2.85 bits per heavy atom. The fraction of sp³-hybridized carbons (Fsp3) is 0.722. The first-order valence-electron chi connectivity index (χ1n) is 9.35. The van der Waals surface area contributed by atoms with Crippen LogP contribution in [0.2, 0.25) is 0 Å². The minimum Gasteiger partial charge on any atom is -0.444 e. The van der Waals surface area contributed by atoms with E-state index in [0.717, 1.165) is 44.1 Å². The van der Waals surface area contributed by atoms with Crippen LogP contribution in [0.1, 0.15) is 38.4 Å². The first kappa shape index (κ1) is 21.8. The lowest BCUT2D eigenvalue weighted by Gasteiger charge is -2.39. The van der Waals surface area contributed by atoms with E-state index in [1.54, 1.807) is 4.90 Å². The van der Waals surface area contributed by atoms with Gasteiger partial charge in [-0.05, 0) is 46.1 Å². The van der Waals surface area contributed by atoms with Gasteiger partial charge in [0.1, 0.15) is 5.60 Å². The summed E-state index contributed by atoms with van der Waals surface area (Å²) in [6, 6.07) is 0.245. The maximum absolute atomic E-state index is 12.3. The highest BCUT2D eigenvalue weighted by atomic mass is 127. The van der Waals surface area contributed by atoms with Gasteiger partial charge in [0.15, 0.2) is 5.96 Å². The van der Waals surface area contributed by atoms with Gasteiger partial charge in [-0.1, -0.05) is 0 Å². The molecule has 1 fully saturated rings. The zero-order valence-electron chi connectivity index (χ0n) is 16.6. The highest BCUT2D eigenvalue weighted by molar-refractivity contribution is 14.0. The Kier molecular flexibility index (Phi) is 7.35. The molecular weight excluding hydrogens is 459 g/mol. The molecule has 1 aromatic heterocycles. The molecule has 27 heavy (non-hydrogen) atoms. The van der Waals surface area contributed by atoms with Crippen molar-refractivity contribution in [2.75, 3.05) is 32.7 Å². The molecule has 2 N–H and O–H groups in total. The van der Waals surface area contributed by atoms with Gasteiger partial charge >= 0.3 is 6.09 Å². The SMILES string of the molecule is Cc1[nH]ncc1CCCNC1=NCC2CN(C(=O)OC(C)(C)C)CCN12.I. The Bertz CT molecular complexity index is 669. The van der Waals surface area contributed by atoms with Gasteiger partial charge in [0, 0.05) is 31.9 Å². The summed E-state index contributed by atoms with van der Waals surface area (Å²) >= 11 is 0. The second-order valence-corrected chi connectivity index (χ2v) is 7.99. The molecule has 0 aliphatic carbocycles. The van der Waals surface area contributed by atoms with E-state index in [1.807, 2.05) is 33.9 Å². The smallest absolute Gasteiger partial charge is 0.410 e. The van der Waals surface area contributed by atoms with E-state index >= 15 is 0 Å². The number of carbonyl (C=O) groups is 1. The lowest BCUT2D eigenvalue weighted by molar-refractivity contribution is 0.0137. The van der Waals surface area contributed by atoms with Gasteiger partial charge in [0.05, 0.1) is 18.8 Å². The van der Waals surface area contributed by atoms with Crippen LogP contribution in [0.5, 0.6) is 0 Å². The zero-order valence-corrected chi connectivity index (χ0v) is 18.9. The number of nitrogens with zero attached hydrogens (tertiary/aromatic N) is 4. The molecule has 2 aliphatic rings. The summed E-state index contributed by atoms with van der Waals surface area (Å²) in [6.07, 6.45) is 3.70. The minimum atomic E-state index is -0.458. The number of rotatable bonds is 4. The number of carbonyl (C=O) groups excluding carboxylic acids is 1. The minimum absolute atomic E-state index is 0. The number of hydrogen-bond acceptors (Lipinski definition) is 6. The molecule has 152 valence electrons. The number of piperazine rings is 1. The van der Waals surface area contributed by atoms with Crippen molar-refractivity contribution in [3.8, 4) is 0 Å². The molecule has 0 radical (unpaired) electrons. The van der Waals surface area contributed by atoms with Gasteiger partial charge in [-0.15, -0.1) is 24.0 Å². The van der Waals surface area contributed by atoms with Gasteiger partial charge in [-0.2, -0.15) is 5.10 Å². The fourth-order valence-corrected chi connectivity index (χ4v) is 3.33. The molecule has 2 aliphatic heterocycles. The third-order valence-electron chi connectivity index (χ3n) is 4.70. The number of aromatic nitrogens is 2. The second-order valence-electron chi connectivity index (χ2n) is 7.99. The Labute approximate surface area is 178 Å². The molecule has 1 atom stereocenters. The Morgan fingerprint density at radius 1 is 1.41 bits per heavy atom. The summed E-state index contributed by atoms with van der Waals surface area (Å²) in [5.74, 6) is 0.961. The maximum atomic E-state index is 12.3. The average molecular weight is 490 g/mol. The molecule has 0 spiro atoms. The van der Waals surface area contributed by atoms with Crippen LogP contribution in [0.25, 0.3) is 0 Å². The van der Waals surface area contributed by atoms with Crippen LogP contribution in [0.4, 0.5) is 4.79 Å². The quantitative estimate of drug-likeness (QED) is 0.499. The van der Waals surface area contributed by atoms with E-state index in [1.165, 1.54) is 5.56 Å². The van der Waals surface area contributed by atoms with Crippen LogP contribution in [0.15, 0.2) is 11.2 Å². The number of guanidine groups is 1. The summed E-state index contributed by atoms with van der Waals surface area (Å²) in [5, 5.41) is 10.5. The predicted octanol–water partition coefficient (Wildman–Crippen LogP) is 2.15. The molecule has 0 aromatic carbocycles. The summed E-state index contributed by atoms with van der Waals surface area (Å²) in [6.45, 7) is 11.5. The number of nitrogens with one attached hydrogen (secondary N) is 2. The first-order valence-corrected chi connectivity index (χ1v) is 9.35. The van der Waals surface area contributed by atoms with Crippen molar-refractivity contribution in [3.63, 3.8) is 0 Å².